The molecule has 0 aliphatic heterocycles. The Bertz CT molecular complexity index is 110. The zero-order valence-corrected chi connectivity index (χ0v) is 8.12. The van der Waals surface area contributed by atoms with Crippen LogP contribution < -0.4 is 0 Å². The van der Waals surface area contributed by atoms with Gasteiger partial charge in [-0.05, 0) is 11.5 Å². The van der Waals surface area contributed by atoms with Crippen molar-refractivity contribution in [1.82, 2.24) is 0 Å². The molecule has 0 spiro atoms. The average Bonchev–Trinajstić information content (AvgIpc) is 1.98. The lowest BCUT2D eigenvalue weighted by molar-refractivity contribution is 0.348. The van der Waals surface area contributed by atoms with Gasteiger partial charge < -0.3 is 0 Å². The van der Waals surface area contributed by atoms with Crippen LogP contribution in [0.4, 0.5) is 0 Å². The maximum Gasteiger partial charge on any atom is 0.512 e. The monoisotopic (exact) mass is 203 g/mol. The first-order valence-electron chi connectivity index (χ1n) is 2.93. The van der Waals surface area contributed by atoms with Crippen molar-refractivity contribution in [2.45, 2.75) is 12.6 Å². The van der Waals surface area contributed by atoms with Crippen LogP contribution in [0.15, 0.2) is 0 Å². The molecule has 0 aromatic carbocycles. The topological polar surface area (TPSA) is 26.3 Å². The first-order valence-corrected chi connectivity index (χ1v) is 5.25. The minimum Gasteiger partial charge on any atom is -0.145 e. The van der Waals surface area contributed by atoms with Crippen LogP contribution in [0.3, 0.4) is 0 Å². The fourth-order valence-electron chi connectivity index (χ4n) is 0.308. The number of hydrogen-bond donors (Lipinski definition) is 0. The third kappa shape index (κ3) is 4.45. The van der Waals surface area contributed by atoms with Gasteiger partial charge in [0.1, 0.15) is 6.61 Å². The Morgan fingerprint density at radius 1 is 1.60 bits per heavy atom. The van der Waals surface area contributed by atoms with Gasteiger partial charge >= 0.3 is 8.03 Å². The number of halogens is 2. The molecule has 0 aromatic rings. The van der Waals surface area contributed by atoms with E-state index >= 15 is 0 Å². The minimum absolute atomic E-state index is 0.0834. The Hall–Kier alpha value is 0.640. The summed E-state index contributed by atoms with van der Waals surface area (Å²) in [7, 11) is -1.61. The standard InChI is InChI=1S/C5H10Cl2O2P/c1-5(4-7)10(8)9-3-2-6/h5H,2-4H2,1H3/q+1. The second-order valence-electron chi connectivity index (χ2n) is 1.81. The van der Waals surface area contributed by atoms with Gasteiger partial charge in [-0.2, -0.15) is 0 Å². The van der Waals surface area contributed by atoms with E-state index in [0.717, 1.165) is 0 Å². The van der Waals surface area contributed by atoms with Crippen LogP contribution in [-0.2, 0) is 9.09 Å². The van der Waals surface area contributed by atoms with E-state index in [1.54, 1.807) is 6.92 Å². The summed E-state index contributed by atoms with van der Waals surface area (Å²) >= 11 is 10.7. The van der Waals surface area contributed by atoms with Gasteiger partial charge in [-0.15, -0.1) is 27.7 Å². The van der Waals surface area contributed by atoms with E-state index in [1.165, 1.54) is 0 Å². The Kier molecular flexibility index (Phi) is 6.76. The molecule has 0 fully saturated rings. The van der Waals surface area contributed by atoms with Crippen molar-refractivity contribution in [3.8, 4) is 0 Å². The Morgan fingerprint density at radius 2 is 2.20 bits per heavy atom. The van der Waals surface area contributed by atoms with E-state index in [4.69, 9.17) is 27.7 Å². The molecule has 0 aliphatic rings. The highest BCUT2D eigenvalue weighted by Gasteiger charge is 2.26. The third-order valence-corrected chi connectivity index (χ3v) is 3.05. The van der Waals surface area contributed by atoms with Crippen LogP contribution in [0.25, 0.3) is 0 Å². The van der Waals surface area contributed by atoms with Crippen LogP contribution in [0, 0.1) is 0 Å². The van der Waals surface area contributed by atoms with Crippen molar-refractivity contribution in [3.63, 3.8) is 0 Å². The molecule has 0 radical (unpaired) electrons. The first kappa shape index (κ1) is 10.6. The molecular formula is C5H10Cl2O2P+. The molecule has 0 saturated heterocycles. The van der Waals surface area contributed by atoms with Crippen molar-refractivity contribution >= 4 is 31.2 Å². The van der Waals surface area contributed by atoms with E-state index in [0.29, 0.717) is 18.4 Å². The summed E-state index contributed by atoms with van der Waals surface area (Å²) in [6.45, 7) is 2.11. The molecule has 0 aliphatic carbocycles. The molecule has 0 bridgehead atoms. The molecule has 0 heterocycles. The smallest absolute Gasteiger partial charge is 0.145 e. The van der Waals surface area contributed by atoms with Crippen molar-refractivity contribution in [2.24, 2.45) is 0 Å². The summed E-state index contributed by atoms with van der Waals surface area (Å²) in [5.74, 6) is 0.730. The fourth-order valence-corrected chi connectivity index (χ4v) is 1.47. The summed E-state index contributed by atoms with van der Waals surface area (Å²) in [5.41, 5.74) is -0.0834. The highest BCUT2D eigenvalue weighted by molar-refractivity contribution is 7.40. The van der Waals surface area contributed by atoms with Crippen molar-refractivity contribution in [2.75, 3.05) is 18.4 Å². The second kappa shape index (κ2) is 6.36. The van der Waals surface area contributed by atoms with Gasteiger partial charge in [0.05, 0.1) is 11.8 Å². The van der Waals surface area contributed by atoms with E-state index < -0.39 is 8.03 Å². The van der Waals surface area contributed by atoms with Gasteiger partial charge in [0.2, 0.25) is 0 Å². The normalized spacial score (nSPS) is 14.9. The van der Waals surface area contributed by atoms with E-state index in [9.17, 15) is 4.57 Å². The predicted molar refractivity (Wildman–Crippen MR) is 44.5 cm³/mol. The molecule has 0 N–H and O–H groups in total. The SMILES string of the molecule is CC(CCl)[P+](=O)OCCCl. The van der Waals surface area contributed by atoms with Gasteiger partial charge in [0, 0.05) is 0 Å². The molecule has 60 valence electrons. The predicted octanol–water partition coefficient (Wildman–Crippen LogP) is 2.61. The maximum atomic E-state index is 10.9. The molecule has 2 nitrogen and oxygen atoms in total. The van der Waals surface area contributed by atoms with Crippen molar-refractivity contribution < 1.29 is 9.09 Å². The second-order valence-corrected chi connectivity index (χ2v) is 4.21. The number of rotatable bonds is 5. The van der Waals surface area contributed by atoms with Crippen LogP contribution in [0.5, 0.6) is 0 Å². The highest BCUT2D eigenvalue weighted by Crippen LogP contribution is 2.29. The number of hydrogen-bond acceptors (Lipinski definition) is 2. The van der Waals surface area contributed by atoms with Crippen molar-refractivity contribution in [3.05, 3.63) is 0 Å². The van der Waals surface area contributed by atoms with Gasteiger partial charge in [0.25, 0.3) is 0 Å². The number of alkyl halides is 2. The molecule has 0 aromatic heterocycles. The first-order chi connectivity index (χ1) is 4.72. The van der Waals surface area contributed by atoms with Crippen LogP contribution in [0.2, 0.25) is 0 Å². The summed E-state index contributed by atoms with van der Waals surface area (Å²) in [6, 6.07) is 0. The van der Waals surface area contributed by atoms with Gasteiger partial charge in [-0.25, -0.2) is 0 Å². The van der Waals surface area contributed by atoms with E-state index in [-0.39, 0.29) is 5.66 Å². The molecule has 0 amide bonds. The summed E-state index contributed by atoms with van der Waals surface area (Å²) in [4.78, 5) is 0. The zero-order valence-electron chi connectivity index (χ0n) is 5.72. The molecule has 0 saturated carbocycles. The average molecular weight is 204 g/mol. The fraction of sp³-hybridized carbons (Fsp3) is 1.00. The largest absolute Gasteiger partial charge is 0.512 e. The molecule has 2 atom stereocenters. The summed E-state index contributed by atoms with van der Waals surface area (Å²) < 4.78 is 15.8. The lowest BCUT2D eigenvalue weighted by atomic mass is 10.6. The Balaban J connectivity index is 3.42. The molecular weight excluding hydrogens is 194 g/mol. The lowest BCUT2D eigenvalue weighted by Crippen LogP contribution is -2.00. The Morgan fingerprint density at radius 3 is 2.60 bits per heavy atom. The summed E-state index contributed by atoms with van der Waals surface area (Å²) in [6.07, 6.45) is 0. The molecule has 0 rings (SSSR count). The molecule has 10 heavy (non-hydrogen) atoms. The van der Waals surface area contributed by atoms with Gasteiger partial charge in [-0.1, -0.05) is 0 Å². The lowest BCUT2D eigenvalue weighted by Gasteiger charge is -1.91. The third-order valence-electron chi connectivity index (χ3n) is 0.879. The van der Waals surface area contributed by atoms with Crippen molar-refractivity contribution in [1.29, 1.82) is 0 Å². The molecule has 5 heteroatoms. The molecule has 2 unspecified atom stereocenters. The summed E-state index contributed by atoms with van der Waals surface area (Å²) in [5, 5.41) is 0. The van der Waals surface area contributed by atoms with Crippen LogP contribution in [-0.4, -0.2) is 24.0 Å². The van der Waals surface area contributed by atoms with Crippen LogP contribution in [0.1, 0.15) is 6.92 Å². The minimum atomic E-state index is -1.61. The maximum absolute atomic E-state index is 10.9. The highest BCUT2D eigenvalue weighted by atomic mass is 35.5. The quantitative estimate of drug-likeness (QED) is 0.508. The van der Waals surface area contributed by atoms with Gasteiger partial charge in [0.15, 0.2) is 5.66 Å². The Labute approximate surface area is 71.7 Å². The van der Waals surface area contributed by atoms with Crippen LogP contribution >= 0.6 is 31.2 Å². The van der Waals surface area contributed by atoms with Gasteiger partial charge in [-0.3, -0.25) is 0 Å². The van der Waals surface area contributed by atoms with E-state index in [2.05, 4.69) is 0 Å². The van der Waals surface area contributed by atoms with E-state index in [1.807, 2.05) is 0 Å². The zero-order chi connectivity index (χ0) is 7.98.